The molecule has 9 nitrogen and oxygen atoms in total. The molecule has 37 heavy (non-hydrogen) atoms. The summed E-state index contributed by atoms with van der Waals surface area (Å²) in [7, 11) is 1.45. The Kier molecular flexibility index (Phi) is 9.78. The number of ether oxygens (including phenoxy) is 3. The number of amides is 2. The van der Waals surface area contributed by atoms with Gasteiger partial charge in [-0.25, -0.2) is 10.2 Å². The molecule has 2 N–H and O–H groups in total. The fourth-order valence-electron chi connectivity index (χ4n) is 3.10. The standard InChI is InChI=1S/C28H29N3O6/c1-4-15-36-23-12-10-22(11-13-23)28(34)37-24-14-7-20(16-25(24)35-3)17-30-31-26(32)18-29-27(33)21-8-5-19(2)6-9-21/h5-14,16-17H,4,15,18H2,1-3H3,(H,29,33)(H,31,32). The Morgan fingerprint density at radius 1 is 0.919 bits per heavy atom. The van der Waals surface area contributed by atoms with Crippen LogP contribution < -0.4 is 25.0 Å². The number of nitrogens with one attached hydrogen (secondary N) is 2. The van der Waals surface area contributed by atoms with Crippen molar-refractivity contribution in [2.24, 2.45) is 5.10 Å². The minimum atomic E-state index is -0.540. The quantitative estimate of drug-likeness (QED) is 0.178. The highest BCUT2D eigenvalue weighted by atomic mass is 16.6. The van der Waals surface area contributed by atoms with Crippen molar-refractivity contribution in [3.8, 4) is 17.2 Å². The van der Waals surface area contributed by atoms with Crippen LogP contribution in [0.2, 0.25) is 0 Å². The largest absolute Gasteiger partial charge is 0.494 e. The molecule has 0 aliphatic heterocycles. The minimum absolute atomic E-state index is 0.228. The van der Waals surface area contributed by atoms with Gasteiger partial charge in [-0.15, -0.1) is 0 Å². The Balaban J connectivity index is 1.52. The average molecular weight is 504 g/mol. The van der Waals surface area contributed by atoms with Crippen LogP contribution in [0.4, 0.5) is 0 Å². The summed E-state index contributed by atoms with van der Waals surface area (Å²) >= 11 is 0. The van der Waals surface area contributed by atoms with Gasteiger partial charge in [-0.3, -0.25) is 9.59 Å². The maximum absolute atomic E-state index is 12.5. The van der Waals surface area contributed by atoms with Crippen LogP contribution in [-0.2, 0) is 4.79 Å². The molecule has 0 heterocycles. The van der Waals surface area contributed by atoms with E-state index < -0.39 is 11.9 Å². The van der Waals surface area contributed by atoms with Crippen LogP contribution in [0.25, 0.3) is 0 Å². The number of nitrogens with zero attached hydrogens (tertiary/aromatic N) is 1. The normalized spacial score (nSPS) is 10.6. The number of carbonyl (C=O) groups is 3. The first-order valence-electron chi connectivity index (χ1n) is 11.7. The van der Waals surface area contributed by atoms with E-state index in [-0.39, 0.29) is 18.2 Å². The van der Waals surface area contributed by atoms with Gasteiger partial charge in [0.25, 0.3) is 11.8 Å². The lowest BCUT2D eigenvalue weighted by Gasteiger charge is -2.10. The van der Waals surface area contributed by atoms with Crippen LogP contribution in [-0.4, -0.2) is 44.3 Å². The monoisotopic (exact) mass is 503 g/mol. The maximum atomic E-state index is 12.5. The summed E-state index contributed by atoms with van der Waals surface area (Å²) in [6, 6.07) is 18.5. The highest BCUT2D eigenvalue weighted by Crippen LogP contribution is 2.28. The molecule has 0 aliphatic rings. The molecule has 3 rings (SSSR count). The molecule has 0 fully saturated rings. The highest BCUT2D eigenvalue weighted by molar-refractivity contribution is 5.96. The third-order valence-electron chi connectivity index (χ3n) is 5.08. The Bertz CT molecular complexity index is 1250. The van der Waals surface area contributed by atoms with E-state index in [9.17, 15) is 14.4 Å². The van der Waals surface area contributed by atoms with E-state index in [1.807, 2.05) is 26.0 Å². The van der Waals surface area contributed by atoms with E-state index in [1.54, 1.807) is 54.6 Å². The first-order chi connectivity index (χ1) is 17.9. The van der Waals surface area contributed by atoms with Gasteiger partial charge in [-0.2, -0.15) is 5.10 Å². The first-order valence-corrected chi connectivity index (χ1v) is 11.7. The second-order valence-corrected chi connectivity index (χ2v) is 8.01. The summed E-state index contributed by atoms with van der Waals surface area (Å²) < 4.78 is 16.3. The number of carbonyl (C=O) groups excluding carboxylic acids is 3. The summed E-state index contributed by atoms with van der Waals surface area (Å²) in [5.41, 5.74) is 4.82. The van der Waals surface area contributed by atoms with Crippen molar-refractivity contribution in [1.29, 1.82) is 0 Å². The zero-order valence-corrected chi connectivity index (χ0v) is 20.9. The minimum Gasteiger partial charge on any atom is -0.494 e. The zero-order chi connectivity index (χ0) is 26.6. The van der Waals surface area contributed by atoms with Crippen LogP contribution in [0, 0.1) is 6.92 Å². The summed E-state index contributed by atoms with van der Waals surface area (Å²) in [6.45, 7) is 4.31. The molecule has 3 aromatic carbocycles. The molecule has 3 aromatic rings. The second kappa shape index (κ2) is 13.4. The van der Waals surface area contributed by atoms with Gasteiger partial charge in [-0.05, 0) is 73.5 Å². The molecule has 0 bridgehead atoms. The Labute approximate surface area is 215 Å². The predicted molar refractivity (Wildman–Crippen MR) is 139 cm³/mol. The molecule has 0 atom stereocenters. The van der Waals surface area contributed by atoms with Crippen molar-refractivity contribution >= 4 is 24.0 Å². The van der Waals surface area contributed by atoms with Crippen LogP contribution in [0.1, 0.15) is 45.2 Å². The van der Waals surface area contributed by atoms with Crippen LogP contribution in [0.15, 0.2) is 71.8 Å². The van der Waals surface area contributed by atoms with E-state index >= 15 is 0 Å². The van der Waals surface area contributed by atoms with E-state index in [0.29, 0.717) is 34.8 Å². The number of benzene rings is 3. The van der Waals surface area contributed by atoms with Gasteiger partial charge in [-0.1, -0.05) is 24.6 Å². The molecule has 0 radical (unpaired) electrons. The lowest BCUT2D eigenvalue weighted by molar-refractivity contribution is -0.120. The van der Waals surface area contributed by atoms with Crippen LogP contribution in [0.3, 0.4) is 0 Å². The molecule has 0 saturated carbocycles. The Hall–Kier alpha value is -4.66. The van der Waals surface area contributed by atoms with Gasteiger partial charge < -0.3 is 19.5 Å². The van der Waals surface area contributed by atoms with E-state index in [2.05, 4.69) is 15.8 Å². The van der Waals surface area contributed by atoms with E-state index in [4.69, 9.17) is 14.2 Å². The molecule has 192 valence electrons. The topological polar surface area (TPSA) is 115 Å². The highest BCUT2D eigenvalue weighted by Gasteiger charge is 2.13. The van der Waals surface area contributed by atoms with Crippen molar-refractivity contribution in [3.63, 3.8) is 0 Å². The molecule has 0 spiro atoms. The average Bonchev–Trinajstić information content (AvgIpc) is 2.91. The third-order valence-corrected chi connectivity index (χ3v) is 5.08. The van der Waals surface area contributed by atoms with Gasteiger partial charge >= 0.3 is 5.97 Å². The fraction of sp³-hybridized carbons (Fsp3) is 0.214. The van der Waals surface area contributed by atoms with Crippen molar-refractivity contribution in [2.45, 2.75) is 20.3 Å². The second-order valence-electron chi connectivity index (χ2n) is 8.01. The first kappa shape index (κ1) is 26.9. The maximum Gasteiger partial charge on any atom is 0.343 e. The van der Waals surface area contributed by atoms with Crippen molar-refractivity contribution < 1.29 is 28.6 Å². The van der Waals surface area contributed by atoms with Crippen molar-refractivity contribution in [3.05, 3.63) is 89.0 Å². The van der Waals surface area contributed by atoms with Crippen LogP contribution >= 0.6 is 0 Å². The number of aryl methyl sites for hydroxylation is 1. The Morgan fingerprint density at radius 3 is 2.30 bits per heavy atom. The molecule has 0 aromatic heterocycles. The van der Waals surface area contributed by atoms with Crippen LogP contribution in [0.5, 0.6) is 17.2 Å². The number of rotatable bonds is 11. The van der Waals surface area contributed by atoms with Gasteiger partial charge in [0.2, 0.25) is 0 Å². The molecular weight excluding hydrogens is 474 g/mol. The predicted octanol–water partition coefficient (Wildman–Crippen LogP) is 3.89. The van der Waals surface area contributed by atoms with E-state index in [0.717, 1.165) is 12.0 Å². The summed E-state index contributed by atoms with van der Waals surface area (Å²) in [4.78, 5) is 36.6. The number of esters is 1. The summed E-state index contributed by atoms with van der Waals surface area (Å²) in [5, 5.41) is 6.43. The molecular formula is C28H29N3O6. The van der Waals surface area contributed by atoms with Crippen molar-refractivity contribution in [2.75, 3.05) is 20.3 Å². The zero-order valence-electron chi connectivity index (χ0n) is 20.9. The summed E-state index contributed by atoms with van der Waals surface area (Å²) in [5.74, 6) is -0.145. The van der Waals surface area contributed by atoms with E-state index in [1.165, 1.54) is 13.3 Å². The third kappa shape index (κ3) is 8.21. The lowest BCUT2D eigenvalue weighted by atomic mass is 10.1. The number of hydrazone groups is 1. The van der Waals surface area contributed by atoms with Gasteiger partial charge in [0.05, 0.1) is 32.0 Å². The molecule has 9 heteroatoms. The Morgan fingerprint density at radius 2 is 1.62 bits per heavy atom. The fourth-order valence-corrected chi connectivity index (χ4v) is 3.10. The SMILES string of the molecule is CCCOc1ccc(C(=O)Oc2ccc(C=NNC(=O)CNC(=O)c3ccc(C)cc3)cc2OC)cc1. The van der Waals surface area contributed by atoms with Crippen molar-refractivity contribution in [1.82, 2.24) is 10.7 Å². The molecule has 2 amide bonds. The number of hydrogen-bond donors (Lipinski definition) is 2. The molecule has 0 unspecified atom stereocenters. The lowest BCUT2D eigenvalue weighted by Crippen LogP contribution is -2.34. The van der Waals surface area contributed by atoms with Gasteiger partial charge in [0, 0.05) is 5.56 Å². The van der Waals surface area contributed by atoms with Gasteiger partial charge in [0.15, 0.2) is 11.5 Å². The smallest absolute Gasteiger partial charge is 0.343 e. The number of methoxy groups -OCH3 is 1. The number of hydrogen-bond acceptors (Lipinski definition) is 7. The molecule has 0 aliphatic carbocycles. The summed E-state index contributed by atoms with van der Waals surface area (Å²) in [6.07, 6.45) is 2.30. The van der Waals surface area contributed by atoms with Gasteiger partial charge in [0.1, 0.15) is 5.75 Å². The molecule has 0 saturated heterocycles.